The van der Waals surface area contributed by atoms with E-state index in [-0.39, 0.29) is 12.5 Å². The van der Waals surface area contributed by atoms with E-state index >= 15 is 0 Å². The van der Waals surface area contributed by atoms with Crippen LogP contribution in [0, 0.1) is 0 Å². The zero-order valence-corrected chi connectivity index (χ0v) is 16.4. The number of para-hydroxylation sites is 2. The third kappa shape index (κ3) is 4.26. The monoisotopic (exact) mass is 403 g/mol. The predicted molar refractivity (Wildman–Crippen MR) is 108 cm³/mol. The Hall–Kier alpha value is -2.51. The SMILES string of the molecule is COC(=O)c1ccc(Cl)c(NC(=O)Cn2c(CSC)nc3ccccc32)c1. The number of aromatic nitrogens is 2. The number of thioether (sulfide) groups is 1. The molecule has 0 aliphatic rings. The van der Waals surface area contributed by atoms with Gasteiger partial charge >= 0.3 is 5.97 Å². The van der Waals surface area contributed by atoms with Crippen molar-refractivity contribution in [2.45, 2.75) is 12.3 Å². The van der Waals surface area contributed by atoms with Crippen molar-refractivity contribution >= 4 is 52.0 Å². The number of benzene rings is 2. The highest BCUT2D eigenvalue weighted by Crippen LogP contribution is 2.24. The quantitative estimate of drug-likeness (QED) is 0.630. The van der Waals surface area contributed by atoms with E-state index < -0.39 is 5.97 Å². The fourth-order valence-corrected chi connectivity index (χ4v) is 3.38. The van der Waals surface area contributed by atoms with Crippen LogP contribution in [-0.2, 0) is 21.8 Å². The Morgan fingerprint density at radius 2 is 2.04 bits per heavy atom. The topological polar surface area (TPSA) is 73.2 Å². The number of methoxy groups -OCH3 is 1. The Bertz CT molecular complexity index is 1000. The maximum atomic E-state index is 12.6. The number of imidazole rings is 1. The van der Waals surface area contributed by atoms with Crippen molar-refractivity contribution in [2.75, 3.05) is 18.7 Å². The molecule has 0 atom stereocenters. The number of hydrogen-bond donors (Lipinski definition) is 1. The van der Waals surface area contributed by atoms with Crippen LogP contribution in [0.15, 0.2) is 42.5 Å². The van der Waals surface area contributed by atoms with E-state index in [1.807, 2.05) is 35.1 Å². The third-order valence-corrected chi connectivity index (χ3v) is 4.85. The van der Waals surface area contributed by atoms with Crippen molar-refractivity contribution in [3.8, 4) is 0 Å². The van der Waals surface area contributed by atoms with Crippen molar-refractivity contribution in [3.05, 3.63) is 58.9 Å². The van der Waals surface area contributed by atoms with Gasteiger partial charge in [0.1, 0.15) is 12.4 Å². The second-order valence-electron chi connectivity index (χ2n) is 5.77. The fourth-order valence-electron chi connectivity index (χ4n) is 2.74. The molecule has 0 radical (unpaired) electrons. The van der Waals surface area contributed by atoms with Crippen molar-refractivity contribution in [2.24, 2.45) is 0 Å². The van der Waals surface area contributed by atoms with E-state index in [9.17, 15) is 9.59 Å². The molecule has 0 bridgehead atoms. The summed E-state index contributed by atoms with van der Waals surface area (Å²) in [5, 5.41) is 3.11. The highest BCUT2D eigenvalue weighted by molar-refractivity contribution is 7.97. The molecule has 3 rings (SSSR count). The molecule has 8 heteroatoms. The smallest absolute Gasteiger partial charge is 0.337 e. The van der Waals surface area contributed by atoms with Gasteiger partial charge in [0.15, 0.2) is 0 Å². The maximum Gasteiger partial charge on any atom is 0.337 e. The van der Waals surface area contributed by atoms with Crippen LogP contribution in [0.2, 0.25) is 5.02 Å². The number of amides is 1. The molecule has 0 saturated heterocycles. The summed E-state index contributed by atoms with van der Waals surface area (Å²) in [4.78, 5) is 28.9. The summed E-state index contributed by atoms with van der Waals surface area (Å²) < 4.78 is 6.59. The number of ether oxygens (including phenoxy) is 1. The van der Waals surface area contributed by atoms with Crippen LogP contribution in [-0.4, -0.2) is 34.8 Å². The molecule has 1 amide bonds. The second kappa shape index (κ2) is 8.45. The molecule has 6 nitrogen and oxygen atoms in total. The number of rotatable bonds is 6. The molecule has 1 N–H and O–H groups in total. The number of anilines is 1. The van der Waals surface area contributed by atoms with Gasteiger partial charge in [0.2, 0.25) is 5.91 Å². The number of esters is 1. The van der Waals surface area contributed by atoms with E-state index in [1.54, 1.807) is 23.9 Å². The molecule has 3 aromatic rings. The van der Waals surface area contributed by atoms with Crippen molar-refractivity contribution < 1.29 is 14.3 Å². The summed E-state index contributed by atoms with van der Waals surface area (Å²) in [5.41, 5.74) is 2.42. The summed E-state index contributed by atoms with van der Waals surface area (Å²) in [5.74, 6) is 0.767. The van der Waals surface area contributed by atoms with Crippen LogP contribution in [0.3, 0.4) is 0 Å². The van der Waals surface area contributed by atoms with Gasteiger partial charge < -0.3 is 14.6 Å². The standard InChI is InChI=1S/C19H18ClN3O3S/c1-26-19(25)12-7-8-13(20)15(9-12)22-18(24)10-23-16-6-4-3-5-14(16)21-17(23)11-27-2/h3-9H,10-11H2,1-2H3,(H,22,24). The molecule has 140 valence electrons. The normalized spacial score (nSPS) is 10.8. The Kier molecular flexibility index (Phi) is 6.03. The van der Waals surface area contributed by atoms with E-state index in [0.717, 1.165) is 16.9 Å². The molecule has 2 aromatic carbocycles. The lowest BCUT2D eigenvalue weighted by Gasteiger charge is -2.11. The number of hydrogen-bond acceptors (Lipinski definition) is 5. The Morgan fingerprint density at radius 3 is 2.78 bits per heavy atom. The molecule has 0 fully saturated rings. The van der Waals surface area contributed by atoms with Gasteiger partial charge in [-0.15, -0.1) is 0 Å². The van der Waals surface area contributed by atoms with Crippen LogP contribution in [0.1, 0.15) is 16.2 Å². The van der Waals surface area contributed by atoms with Crippen LogP contribution >= 0.6 is 23.4 Å². The van der Waals surface area contributed by atoms with Gasteiger partial charge in [-0.1, -0.05) is 23.7 Å². The van der Waals surface area contributed by atoms with Gasteiger partial charge in [-0.3, -0.25) is 4.79 Å². The molecule has 0 spiro atoms. The first-order valence-corrected chi connectivity index (χ1v) is 9.91. The average molecular weight is 404 g/mol. The van der Waals surface area contributed by atoms with Gasteiger partial charge in [0.25, 0.3) is 0 Å². The van der Waals surface area contributed by atoms with Crippen molar-refractivity contribution in [1.29, 1.82) is 0 Å². The van der Waals surface area contributed by atoms with E-state index in [1.165, 1.54) is 13.2 Å². The molecule has 0 aliphatic heterocycles. The second-order valence-corrected chi connectivity index (χ2v) is 7.04. The lowest BCUT2D eigenvalue weighted by molar-refractivity contribution is -0.116. The molecule has 27 heavy (non-hydrogen) atoms. The number of halogens is 1. The zero-order valence-electron chi connectivity index (χ0n) is 14.9. The van der Waals surface area contributed by atoms with Gasteiger partial charge in [-0.05, 0) is 36.6 Å². The minimum atomic E-state index is -0.495. The molecule has 1 aromatic heterocycles. The van der Waals surface area contributed by atoms with Crippen LogP contribution in [0.25, 0.3) is 11.0 Å². The van der Waals surface area contributed by atoms with E-state index in [4.69, 9.17) is 16.3 Å². The number of carbonyl (C=O) groups is 2. The van der Waals surface area contributed by atoms with Gasteiger partial charge in [0, 0.05) is 0 Å². The largest absolute Gasteiger partial charge is 0.465 e. The van der Waals surface area contributed by atoms with Crippen LogP contribution in [0.5, 0.6) is 0 Å². The molecule has 0 aliphatic carbocycles. The highest BCUT2D eigenvalue weighted by Gasteiger charge is 2.15. The van der Waals surface area contributed by atoms with Crippen molar-refractivity contribution in [3.63, 3.8) is 0 Å². The van der Waals surface area contributed by atoms with Crippen LogP contribution in [0.4, 0.5) is 5.69 Å². The number of nitrogens with one attached hydrogen (secondary N) is 1. The summed E-state index contributed by atoms with van der Waals surface area (Å²) in [7, 11) is 1.30. The summed E-state index contributed by atoms with van der Waals surface area (Å²) in [6, 6.07) is 12.3. The molecule has 0 saturated carbocycles. The van der Waals surface area contributed by atoms with Gasteiger partial charge in [-0.2, -0.15) is 11.8 Å². The third-order valence-electron chi connectivity index (χ3n) is 3.97. The van der Waals surface area contributed by atoms with E-state index in [2.05, 4.69) is 10.3 Å². The molecule has 1 heterocycles. The molecule has 0 unspecified atom stereocenters. The van der Waals surface area contributed by atoms with Crippen LogP contribution < -0.4 is 5.32 Å². The van der Waals surface area contributed by atoms with E-state index in [0.29, 0.717) is 22.0 Å². The number of carbonyl (C=O) groups excluding carboxylic acids is 2. The first-order valence-electron chi connectivity index (χ1n) is 8.14. The first kappa shape index (κ1) is 19.3. The summed E-state index contributed by atoms with van der Waals surface area (Å²) in [6.07, 6.45) is 1.99. The highest BCUT2D eigenvalue weighted by atomic mass is 35.5. The average Bonchev–Trinajstić information content (AvgIpc) is 3.00. The zero-order chi connectivity index (χ0) is 19.4. The maximum absolute atomic E-state index is 12.6. The predicted octanol–water partition coefficient (Wildman–Crippen LogP) is 3.98. The Labute approximate surface area is 165 Å². The van der Waals surface area contributed by atoms with Gasteiger partial charge in [-0.25, -0.2) is 9.78 Å². The Morgan fingerprint density at radius 1 is 1.26 bits per heavy atom. The first-order chi connectivity index (χ1) is 13.0. The van der Waals surface area contributed by atoms with Crippen molar-refractivity contribution in [1.82, 2.24) is 9.55 Å². The lowest BCUT2D eigenvalue weighted by atomic mass is 10.2. The number of fused-ring (bicyclic) bond motifs is 1. The molecular formula is C19H18ClN3O3S. The summed E-state index contributed by atoms with van der Waals surface area (Å²) in [6.45, 7) is 0.0924. The minimum Gasteiger partial charge on any atom is -0.465 e. The minimum absolute atomic E-state index is 0.0924. The fraction of sp³-hybridized carbons (Fsp3) is 0.211. The van der Waals surface area contributed by atoms with Gasteiger partial charge in [0.05, 0.1) is 40.2 Å². The summed E-state index contributed by atoms with van der Waals surface area (Å²) >= 11 is 7.79. The lowest BCUT2D eigenvalue weighted by Crippen LogP contribution is -2.20. The Balaban J connectivity index is 1.85. The number of nitrogens with zero attached hydrogens (tertiary/aromatic N) is 2. The molecular weight excluding hydrogens is 386 g/mol.